The third-order valence-corrected chi connectivity index (χ3v) is 4.65. The van der Waals surface area contributed by atoms with E-state index in [1.54, 1.807) is 18.2 Å². The van der Waals surface area contributed by atoms with Gasteiger partial charge >= 0.3 is 0 Å². The lowest BCUT2D eigenvalue weighted by Crippen LogP contribution is -2.11. The van der Waals surface area contributed by atoms with E-state index in [1.807, 2.05) is 31.2 Å². The molecule has 152 valence electrons. The van der Waals surface area contributed by atoms with Crippen LogP contribution in [-0.4, -0.2) is 21.7 Å². The number of hydrogen-bond acceptors (Lipinski definition) is 6. The Morgan fingerprint density at radius 2 is 1.93 bits per heavy atom. The Morgan fingerprint density at radius 1 is 1.17 bits per heavy atom. The van der Waals surface area contributed by atoms with Crippen LogP contribution in [0.1, 0.15) is 21.5 Å². The summed E-state index contributed by atoms with van der Waals surface area (Å²) in [6.45, 7) is 5.40. The average Bonchev–Trinajstić information content (AvgIpc) is 2.73. The fourth-order valence-corrected chi connectivity index (χ4v) is 2.87. The van der Waals surface area contributed by atoms with Gasteiger partial charge in [-0.25, -0.2) is 4.98 Å². The molecule has 0 bridgehead atoms. The van der Waals surface area contributed by atoms with Gasteiger partial charge in [0.2, 0.25) is 11.9 Å². The highest BCUT2D eigenvalue weighted by Gasteiger charge is 2.12. The number of rotatable bonds is 8. The molecule has 0 spiro atoms. The Hall–Kier alpha value is -3.71. The zero-order valence-electron chi connectivity index (χ0n) is 16.3. The number of aryl methyl sites for hydroxylation is 1. The van der Waals surface area contributed by atoms with Gasteiger partial charge in [-0.3, -0.25) is 9.59 Å². The topological polar surface area (TPSA) is 110 Å². The third-order valence-electron chi connectivity index (χ3n) is 4.38. The number of para-hydroxylation sites is 1. The average molecular weight is 422 g/mol. The number of nitrogens with zero attached hydrogens (tertiary/aromatic N) is 2. The number of nitrogens with two attached hydrogens (primary N) is 1. The molecule has 0 aliphatic carbocycles. The van der Waals surface area contributed by atoms with E-state index in [2.05, 4.69) is 27.2 Å². The molecular formula is C22H20ClN5O2. The fraction of sp³-hybridized carbons (Fsp3) is 0.0909. The van der Waals surface area contributed by atoms with Gasteiger partial charge in [0.25, 0.3) is 0 Å². The minimum atomic E-state index is -0.525. The van der Waals surface area contributed by atoms with Crippen molar-refractivity contribution in [3.05, 3.63) is 83.0 Å². The summed E-state index contributed by atoms with van der Waals surface area (Å²) >= 11 is 6.27. The summed E-state index contributed by atoms with van der Waals surface area (Å²) in [6, 6.07) is 12.4. The summed E-state index contributed by atoms with van der Waals surface area (Å²) in [5, 5.41) is 6.55. The molecular weight excluding hydrogens is 402 g/mol. The monoisotopic (exact) mass is 421 g/mol. The van der Waals surface area contributed by atoms with Gasteiger partial charge in [-0.2, -0.15) is 4.98 Å². The first kappa shape index (κ1) is 21.0. The van der Waals surface area contributed by atoms with Crippen LogP contribution in [0.25, 0.3) is 0 Å². The van der Waals surface area contributed by atoms with Crippen LogP contribution < -0.4 is 16.4 Å². The zero-order valence-corrected chi connectivity index (χ0v) is 17.0. The van der Waals surface area contributed by atoms with E-state index in [9.17, 15) is 9.59 Å². The Morgan fingerprint density at radius 3 is 2.67 bits per heavy atom. The number of amides is 1. The number of allylic oxidation sites excluding steroid dienone is 1. The second-order valence-corrected chi connectivity index (χ2v) is 6.95. The van der Waals surface area contributed by atoms with Crippen molar-refractivity contribution in [1.29, 1.82) is 0 Å². The molecule has 0 radical (unpaired) electrons. The maximum Gasteiger partial charge on any atom is 0.248 e. The van der Waals surface area contributed by atoms with Gasteiger partial charge in [-0.15, -0.1) is 0 Å². The number of halogens is 1. The molecule has 0 aliphatic heterocycles. The van der Waals surface area contributed by atoms with Crippen LogP contribution in [0.4, 0.5) is 23.1 Å². The molecule has 0 aliphatic rings. The molecule has 1 aromatic heterocycles. The molecule has 1 heterocycles. The lowest BCUT2D eigenvalue weighted by molar-refractivity contribution is -0.114. The molecule has 0 atom stereocenters. The predicted octanol–water partition coefficient (Wildman–Crippen LogP) is 4.32. The van der Waals surface area contributed by atoms with Crippen molar-refractivity contribution in [3.8, 4) is 0 Å². The Balaban J connectivity index is 1.89. The number of benzene rings is 2. The van der Waals surface area contributed by atoms with E-state index < -0.39 is 5.91 Å². The molecule has 4 N–H and O–H groups in total. The van der Waals surface area contributed by atoms with Crippen LogP contribution in [0.15, 0.2) is 61.3 Å². The zero-order chi connectivity index (χ0) is 21.7. The first-order valence-corrected chi connectivity index (χ1v) is 9.45. The summed E-state index contributed by atoms with van der Waals surface area (Å²) < 4.78 is 0. The Bertz CT molecular complexity index is 1130. The minimum absolute atomic E-state index is 0.0924. The van der Waals surface area contributed by atoms with Crippen LogP contribution in [0.2, 0.25) is 5.02 Å². The summed E-state index contributed by atoms with van der Waals surface area (Å²) in [5.74, 6) is 0.0379. The standard InChI is InChI=1S/C22H20ClN5O2/c1-3-16(29)10-14-6-4-5-7-18(14)26-21-17(23)12-25-22(28-21)27-19-11-15(20(24)30)9-8-13(19)2/h3-9,11-12H,1,10H2,2H3,(H2,24,30)(H2,25,26,27,28). The van der Waals surface area contributed by atoms with Gasteiger partial charge in [-0.1, -0.05) is 42.4 Å². The smallest absolute Gasteiger partial charge is 0.248 e. The van der Waals surface area contributed by atoms with Crippen molar-refractivity contribution in [2.24, 2.45) is 5.73 Å². The molecule has 0 saturated heterocycles. The lowest BCUT2D eigenvalue weighted by Gasteiger charge is -2.14. The van der Waals surface area contributed by atoms with Crippen LogP contribution >= 0.6 is 11.6 Å². The molecule has 30 heavy (non-hydrogen) atoms. The first-order valence-electron chi connectivity index (χ1n) is 9.07. The second kappa shape index (κ2) is 9.19. The van der Waals surface area contributed by atoms with Crippen LogP contribution in [-0.2, 0) is 11.2 Å². The molecule has 7 nitrogen and oxygen atoms in total. The SMILES string of the molecule is C=CC(=O)Cc1ccccc1Nc1nc(Nc2cc(C(N)=O)ccc2C)ncc1Cl. The van der Waals surface area contributed by atoms with Gasteiger partial charge < -0.3 is 16.4 Å². The van der Waals surface area contributed by atoms with E-state index in [1.165, 1.54) is 12.3 Å². The summed E-state index contributed by atoms with van der Waals surface area (Å²) in [4.78, 5) is 31.9. The van der Waals surface area contributed by atoms with E-state index in [4.69, 9.17) is 17.3 Å². The van der Waals surface area contributed by atoms with E-state index in [-0.39, 0.29) is 18.2 Å². The van der Waals surface area contributed by atoms with E-state index >= 15 is 0 Å². The van der Waals surface area contributed by atoms with E-state index in [0.29, 0.717) is 27.8 Å². The number of carbonyl (C=O) groups excluding carboxylic acids is 2. The molecule has 2 aromatic carbocycles. The Labute approximate surface area is 179 Å². The van der Waals surface area contributed by atoms with Crippen LogP contribution in [0.5, 0.6) is 0 Å². The van der Waals surface area contributed by atoms with Gasteiger partial charge in [-0.05, 0) is 42.3 Å². The van der Waals surface area contributed by atoms with Gasteiger partial charge in [0.15, 0.2) is 11.6 Å². The number of anilines is 4. The number of hydrogen-bond donors (Lipinski definition) is 3. The maximum atomic E-state index is 11.8. The fourth-order valence-electron chi connectivity index (χ4n) is 2.73. The molecule has 8 heteroatoms. The predicted molar refractivity (Wildman–Crippen MR) is 119 cm³/mol. The van der Waals surface area contributed by atoms with Crippen molar-refractivity contribution in [1.82, 2.24) is 9.97 Å². The number of aromatic nitrogens is 2. The van der Waals surface area contributed by atoms with Crippen molar-refractivity contribution in [3.63, 3.8) is 0 Å². The number of carbonyl (C=O) groups is 2. The van der Waals surface area contributed by atoms with Gasteiger partial charge in [0.05, 0.1) is 6.20 Å². The third kappa shape index (κ3) is 5.01. The van der Waals surface area contributed by atoms with Crippen LogP contribution in [0.3, 0.4) is 0 Å². The van der Waals surface area contributed by atoms with Crippen molar-refractivity contribution < 1.29 is 9.59 Å². The second-order valence-electron chi connectivity index (χ2n) is 6.54. The number of nitrogens with one attached hydrogen (secondary N) is 2. The summed E-state index contributed by atoms with van der Waals surface area (Å²) in [7, 11) is 0. The van der Waals surface area contributed by atoms with Crippen molar-refractivity contribution >= 4 is 46.4 Å². The minimum Gasteiger partial charge on any atom is -0.366 e. The van der Waals surface area contributed by atoms with E-state index in [0.717, 1.165) is 11.1 Å². The highest BCUT2D eigenvalue weighted by atomic mass is 35.5. The molecule has 3 rings (SSSR count). The largest absolute Gasteiger partial charge is 0.366 e. The number of ketones is 1. The highest BCUT2D eigenvalue weighted by molar-refractivity contribution is 6.32. The maximum absolute atomic E-state index is 11.8. The summed E-state index contributed by atoms with van der Waals surface area (Å²) in [6.07, 6.45) is 2.96. The first-order chi connectivity index (χ1) is 14.4. The quantitative estimate of drug-likeness (QED) is 0.467. The Kier molecular flexibility index (Phi) is 6.44. The summed E-state index contributed by atoms with van der Waals surface area (Å²) in [5.41, 5.74) is 8.76. The molecule has 0 unspecified atom stereocenters. The molecule has 1 amide bonds. The highest BCUT2D eigenvalue weighted by Crippen LogP contribution is 2.28. The number of primary amides is 1. The van der Waals surface area contributed by atoms with Gasteiger partial charge in [0.1, 0.15) is 5.02 Å². The lowest BCUT2D eigenvalue weighted by atomic mass is 10.1. The van der Waals surface area contributed by atoms with Crippen molar-refractivity contribution in [2.75, 3.05) is 10.6 Å². The van der Waals surface area contributed by atoms with Crippen molar-refractivity contribution in [2.45, 2.75) is 13.3 Å². The van der Waals surface area contributed by atoms with Gasteiger partial charge in [0, 0.05) is 23.4 Å². The normalized spacial score (nSPS) is 10.3. The molecule has 0 fully saturated rings. The van der Waals surface area contributed by atoms with Crippen LogP contribution in [0, 0.1) is 6.92 Å². The molecule has 3 aromatic rings. The molecule has 0 saturated carbocycles.